The second-order valence-corrected chi connectivity index (χ2v) is 10.9. The smallest absolute Gasteiger partial charge is 0.326 e. The van der Waals surface area contributed by atoms with Crippen LogP contribution in [0.3, 0.4) is 0 Å². The number of imidazole rings is 1. The molecule has 1 aromatic carbocycles. The largest absolute Gasteiger partial charge is 0.480 e. The van der Waals surface area contributed by atoms with E-state index in [9.17, 15) is 24.3 Å². The van der Waals surface area contributed by atoms with Crippen LogP contribution in [0.15, 0.2) is 43.0 Å². The third-order valence-corrected chi connectivity index (χ3v) is 6.96. The van der Waals surface area contributed by atoms with Crippen LogP contribution in [0.25, 0.3) is 10.9 Å². The number of fused-ring (bicyclic) bond motifs is 1. The standard InChI is InChI=1S/C29H42N8O5/c1-17(2)11-25(29(41)42)37-27(39)23(9-5-6-10-30)35-28(40)24(13-19-15-32-16-34-19)36-26(38)21(31)12-18-14-33-22-8-4-3-7-20(18)22/h3-4,7-8,14-17,21,23-25,33H,5-6,9-13,30-31H2,1-2H3,(H,32,34)(H,35,40)(H,36,38)(H,37,39)(H,41,42). The molecule has 0 fully saturated rings. The SMILES string of the molecule is CC(C)CC(NC(=O)C(CCCCN)NC(=O)C(Cc1cnc[nH]1)NC(=O)C(N)Cc1c[nH]c2ccccc12)C(=O)O. The van der Waals surface area contributed by atoms with Gasteiger partial charge in [0.25, 0.3) is 0 Å². The zero-order valence-corrected chi connectivity index (χ0v) is 24.1. The monoisotopic (exact) mass is 582 g/mol. The van der Waals surface area contributed by atoms with Crippen molar-refractivity contribution in [2.45, 2.75) is 76.5 Å². The third kappa shape index (κ3) is 9.42. The van der Waals surface area contributed by atoms with E-state index in [1.165, 1.54) is 12.5 Å². The van der Waals surface area contributed by atoms with Gasteiger partial charge in [0, 0.05) is 35.4 Å². The molecule has 0 radical (unpaired) electrons. The Bertz CT molecular complexity index is 1320. The van der Waals surface area contributed by atoms with Gasteiger partial charge in [0.15, 0.2) is 0 Å². The Morgan fingerprint density at radius 2 is 1.62 bits per heavy atom. The fourth-order valence-corrected chi connectivity index (χ4v) is 4.73. The van der Waals surface area contributed by atoms with Crippen LogP contribution in [0, 0.1) is 5.92 Å². The fraction of sp³-hybridized carbons (Fsp3) is 0.483. The quantitative estimate of drug-likeness (QED) is 0.106. The van der Waals surface area contributed by atoms with Crippen LogP contribution in [-0.4, -0.2) is 74.5 Å². The number of benzene rings is 1. The Kier molecular flexibility index (Phi) is 12.1. The van der Waals surface area contributed by atoms with Crippen molar-refractivity contribution in [1.82, 2.24) is 30.9 Å². The van der Waals surface area contributed by atoms with Crippen molar-refractivity contribution in [2.75, 3.05) is 6.54 Å². The summed E-state index contributed by atoms with van der Waals surface area (Å²) in [6.45, 7) is 4.11. The van der Waals surface area contributed by atoms with E-state index >= 15 is 0 Å². The second-order valence-electron chi connectivity index (χ2n) is 10.9. The summed E-state index contributed by atoms with van der Waals surface area (Å²) >= 11 is 0. The summed E-state index contributed by atoms with van der Waals surface area (Å²) in [6.07, 6.45) is 6.73. The zero-order chi connectivity index (χ0) is 30.6. The molecule has 3 aromatic rings. The van der Waals surface area contributed by atoms with Gasteiger partial charge in [0.05, 0.1) is 12.4 Å². The maximum Gasteiger partial charge on any atom is 0.326 e. The summed E-state index contributed by atoms with van der Waals surface area (Å²) in [5.41, 5.74) is 14.3. The van der Waals surface area contributed by atoms with E-state index < -0.39 is 47.9 Å². The molecule has 228 valence electrons. The van der Waals surface area contributed by atoms with E-state index in [1.807, 2.05) is 38.1 Å². The summed E-state index contributed by atoms with van der Waals surface area (Å²) in [4.78, 5) is 61.7. The number of para-hydroxylation sites is 1. The molecular weight excluding hydrogens is 540 g/mol. The molecule has 0 saturated carbocycles. The molecule has 0 saturated heterocycles. The van der Waals surface area contributed by atoms with Crippen molar-refractivity contribution < 1.29 is 24.3 Å². The van der Waals surface area contributed by atoms with Gasteiger partial charge in [-0.1, -0.05) is 32.0 Å². The molecule has 10 N–H and O–H groups in total. The predicted molar refractivity (Wildman–Crippen MR) is 158 cm³/mol. The molecule has 0 bridgehead atoms. The number of aromatic nitrogens is 3. The highest BCUT2D eigenvalue weighted by Crippen LogP contribution is 2.19. The van der Waals surface area contributed by atoms with Crippen LogP contribution in [0.4, 0.5) is 0 Å². The lowest BCUT2D eigenvalue weighted by Crippen LogP contribution is -2.57. The number of carboxylic acids is 1. The summed E-state index contributed by atoms with van der Waals surface area (Å²) in [7, 11) is 0. The number of carbonyl (C=O) groups is 4. The molecule has 42 heavy (non-hydrogen) atoms. The number of nitrogens with two attached hydrogens (primary N) is 2. The van der Waals surface area contributed by atoms with Crippen molar-refractivity contribution in [3.63, 3.8) is 0 Å². The van der Waals surface area contributed by atoms with Crippen molar-refractivity contribution >= 4 is 34.6 Å². The van der Waals surface area contributed by atoms with Gasteiger partial charge in [-0.05, 0) is 56.2 Å². The van der Waals surface area contributed by atoms with Gasteiger partial charge in [-0.2, -0.15) is 0 Å². The lowest BCUT2D eigenvalue weighted by Gasteiger charge is -2.25. The minimum absolute atomic E-state index is 0.0270. The zero-order valence-electron chi connectivity index (χ0n) is 24.1. The minimum atomic E-state index is -1.15. The number of H-pyrrole nitrogens is 2. The highest BCUT2D eigenvalue weighted by atomic mass is 16.4. The van der Waals surface area contributed by atoms with Crippen LogP contribution in [-0.2, 0) is 32.0 Å². The molecule has 4 atom stereocenters. The van der Waals surface area contributed by atoms with Crippen molar-refractivity contribution in [3.05, 3.63) is 54.2 Å². The summed E-state index contributed by atoms with van der Waals surface area (Å²) in [6, 6.07) is 3.51. The lowest BCUT2D eigenvalue weighted by molar-refractivity contribution is -0.142. The van der Waals surface area contributed by atoms with Crippen LogP contribution in [0.2, 0.25) is 0 Å². The predicted octanol–water partition coefficient (Wildman–Crippen LogP) is 0.718. The van der Waals surface area contributed by atoms with E-state index in [4.69, 9.17) is 11.5 Å². The number of aromatic amines is 2. The first-order valence-electron chi connectivity index (χ1n) is 14.2. The molecule has 0 spiro atoms. The van der Waals surface area contributed by atoms with E-state index in [1.54, 1.807) is 6.20 Å². The van der Waals surface area contributed by atoms with Crippen LogP contribution in [0.5, 0.6) is 0 Å². The van der Waals surface area contributed by atoms with E-state index in [0.29, 0.717) is 25.1 Å². The molecule has 4 unspecified atom stereocenters. The number of unbranched alkanes of at least 4 members (excludes halogenated alkanes) is 1. The molecule has 13 nitrogen and oxygen atoms in total. The Morgan fingerprint density at radius 3 is 2.29 bits per heavy atom. The highest BCUT2D eigenvalue weighted by Gasteiger charge is 2.31. The summed E-state index contributed by atoms with van der Waals surface area (Å²) in [5.74, 6) is -2.89. The van der Waals surface area contributed by atoms with Crippen molar-refractivity contribution in [2.24, 2.45) is 17.4 Å². The number of hydrogen-bond donors (Lipinski definition) is 8. The molecule has 2 heterocycles. The first-order chi connectivity index (χ1) is 20.1. The van der Waals surface area contributed by atoms with Gasteiger partial charge in [-0.15, -0.1) is 0 Å². The third-order valence-electron chi connectivity index (χ3n) is 6.96. The number of rotatable bonds is 17. The number of carbonyl (C=O) groups excluding carboxylic acids is 3. The Labute approximate surface area is 244 Å². The maximum atomic E-state index is 13.5. The van der Waals surface area contributed by atoms with Crippen LogP contribution >= 0.6 is 0 Å². The topological polar surface area (TPSA) is 221 Å². The van der Waals surface area contributed by atoms with Gasteiger partial charge in [0.2, 0.25) is 17.7 Å². The van der Waals surface area contributed by atoms with Gasteiger partial charge < -0.3 is 42.5 Å². The Morgan fingerprint density at radius 1 is 0.929 bits per heavy atom. The molecule has 0 aliphatic heterocycles. The minimum Gasteiger partial charge on any atom is -0.480 e. The second kappa shape index (κ2) is 15.7. The van der Waals surface area contributed by atoms with Gasteiger partial charge in [-0.3, -0.25) is 14.4 Å². The molecule has 3 amide bonds. The number of nitrogens with one attached hydrogen (secondary N) is 5. The number of nitrogens with zero attached hydrogens (tertiary/aromatic N) is 1. The average molecular weight is 583 g/mol. The maximum absolute atomic E-state index is 13.5. The summed E-state index contributed by atoms with van der Waals surface area (Å²) < 4.78 is 0. The van der Waals surface area contributed by atoms with Gasteiger partial charge >= 0.3 is 5.97 Å². The number of carboxylic acid groups (broad SMARTS) is 1. The molecular formula is C29H42N8O5. The van der Waals surface area contributed by atoms with Gasteiger partial charge in [-0.25, -0.2) is 9.78 Å². The first kappa shape index (κ1) is 32.3. The fourth-order valence-electron chi connectivity index (χ4n) is 4.73. The Hall–Kier alpha value is -4.23. The normalized spacial score (nSPS) is 14.2. The van der Waals surface area contributed by atoms with Crippen molar-refractivity contribution in [3.8, 4) is 0 Å². The van der Waals surface area contributed by atoms with Gasteiger partial charge in [0.1, 0.15) is 18.1 Å². The molecule has 3 rings (SSSR count). The highest BCUT2D eigenvalue weighted by molar-refractivity contribution is 5.94. The molecule has 2 aromatic heterocycles. The average Bonchev–Trinajstić information content (AvgIpc) is 3.61. The van der Waals surface area contributed by atoms with E-state index in [-0.39, 0.29) is 31.6 Å². The number of hydrogen-bond acceptors (Lipinski definition) is 7. The van der Waals surface area contributed by atoms with Crippen LogP contribution < -0.4 is 27.4 Å². The summed E-state index contributed by atoms with van der Waals surface area (Å²) in [5, 5.41) is 18.6. The molecule has 0 aliphatic carbocycles. The lowest BCUT2D eigenvalue weighted by atomic mass is 10.0. The van der Waals surface area contributed by atoms with Crippen LogP contribution in [0.1, 0.15) is 50.8 Å². The number of amides is 3. The number of aliphatic carboxylic acids is 1. The molecule has 0 aliphatic rings. The van der Waals surface area contributed by atoms with E-state index in [2.05, 4.69) is 30.9 Å². The van der Waals surface area contributed by atoms with Crippen molar-refractivity contribution in [1.29, 1.82) is 0 Å². The van der Waals surface area contributed by atoms with E-state index in [0.717, 1.165) is 16.5 Å². The first-order valence-corrected chi connectivity index (χ1v) is 14.2. The Balaban J connectivity index is 1.74. The molecule has 13 heteroatoms.